The Kier molecular flexibility index (Phi) is 3.23. The average Bonchev–Trinajstić information content (AvgIpc) is 2.70. The number of carbonyl (C=O) groups excluding carboxylic acids is 2. The highest BCUT2D eigenvalue weighted by Crippen LogP contribution is 2.16. The van der Waals surface area contributed by atoms with Crippen LogP contribution in [0.3, 0.4) is 0 Å². The van der Waals surface area contributed by atoms with Gasteiger partial charge in [-0.2, -0.15) is 0 Å². The molecule has 0 spiro atoms. The number of benzene rings is 1. The molecule has 1 aliphatic rings. The normalized spacial score (nSPS) is 14.2. The highest BCUT2D eigenvalue weighted by atomic mass is 16.2. The molecule has 92 valence electrons. The van der Waals surface area contributed by atoms with Gasteiger partial charge in [0.1, 0.15) is 0 Å². The Labute approximate surface area is 105 Å². The molecule has 5 nitrogen and oxygen atoms in total. The number of para-hydroxylation sites is 1. The van der Waals surface area contributed by atoms with Crippen LogP contribution in [0.1, 0.15) is 5.56 Å². The molecule has 18 heavy (non-hydrogen) atoms. The van der Waals surface area contributed by atoms with Gasteiger partial charge in [-0.15, -0.1) is 0 Å². The maximum atomic E-state index is 11.4. The number of rotatable bonds is 4. The molecule has 2 N–H and O–H groups in total. The second-order valence-corrected chi connectivity index (χ2v) is 3.87. The summed E-state index contributed by atoms with van der Waals surface area (Å²) in [6.07, 6.45) is 2.44. The summed E-state index contributed by atoms with van der Waals surface area (Å²) in [5.41, 5.74) is 1.72. The van der Waals surface area contributed by atoms with Crippen molar-refractivity contribution in [1.29, 1.82) is 5.41 Å². The topological polar surface area (TPSA) is 73.3 Å². The zero-order valence-electron chi connectivity index (χ0n) is 9.93. The average molecular weight is 243 g/mol. The summed E-state index contributed by atoms with van der Waals surface area (Å²) in [5.74, 6) is -0.738. The maximum Gasteiger partial charge on any atom is 0.253 e. The van der Waals surface area contributed by atoms with Gasteiger partial charge in [0.25, 0.3) is 11.8 Å². The van der Waals surface area contributed by atoms with E-state index in [0.29, 0.717) is 5.56 Å². The summed E-state index contributed by atoms with van der Waals surface area (Å²) in [7, 11) is 1.76. The first-order valence-corrected chi connectivity index (χ1v) is 5.51. The third kappa shape index (κ3) is 2.15. The lowest BCUT2D eigenvalue weighted by Crippen LogP contribution is -2.35. The molecule has 0 unspecified atom stereocenters. The van der Waals surface area contributed by atoms with Crippen molar-refractivity contribution in [1.82, 2.24) is 4.90 Å². The van der Waals surface area contributed by atoms with Crippen LogP contribution in [0.2, 0.25) is 0 Å². The Bertz CT molecular complexity index is 531. The zero-order chi connectivity index (χ0) is 13.1. The van der Waals surface area contributed by atoms with Crippen LogP contribution in [0.5, 0.6) is 0 Å². The van der Waals surface area contributed by atoms with Crippen LogP contribution in [0.15, 0.2) is 36.4 Å². The van der Waals surface area contributed by atoms with Crippen LogP contribution < -0.4 is 5.32 Å². The zero-order valence-corrected chi connectivity index (χ0v) is 9.93. The number of nitrogens with zero attached hydrogens (tertiary/aromatic N) is 1. The predicted molar refractivity (Wildman–Crippen MR) is 68.7 cm³/mol. The fraction of sp³-hybridized carbons (Fsp3) is 0.154. The van der Waals surface area contributed by atoms with E-state index >= 15 is 0 Å². The molecular weight excluding hydrogens is 230 g/mol. The molecule has 0 radical (unpaired) electrons. The highest BCUT2D eigenvalue weighted by molar-refractivity contribution is 6.16. The molecule has 2 amide bonds. The molecule has 1 aromatic rings. The van der Waals surface area contributed by atoms with Gasteiger partial charge in [0.05, 0.1) is 12.3 Å². The van der Waals surface area contributed by atoms with E-state index in [2.05, 4.69) is 5.32 Å². The van der Waals surface area contributed by atoms with Crippen LogP contribution in [0.4, 0.5) is 5.69 Å². The van der Waals surface area contributed by atoms with Gasteiger partial charge in [-0.1, -0.05) is 18.2 Å². The molecule has 1 aliphatic heterocycles. The van der Waals surface area contributed by atoms with E-state index in [1.54, 1.807) is 13.1 Å². The van der Waals surface area contributed by atoms with Crippen molar-refractivity contribution in [3.63, 3.8) is 0 Å². The number of hydrogen-bond acceptors (Lipinski definition) is 4. The molecule has 1 aromatic carbocycles. The van der Waals surface area contributed by atoms with Gasteiger partial charge in [0.2, 0.25) is 0 Å². The third-order valence-corrected chi connectivity index (χ3v) is 2.74. The number of imide groups is 1. The van der Waals surface area contributed by atoms with E-state index in [1.165, 1.54) is 12.2 Å². The van der Waals surface area contributed by atoms with Crippen molar-refractivity contribution in [2.24, 2.45) is 0 Å². The van der Waals surface area contributed by atoms with Gasteiger partial charge in [0, 0.05) is 30.5 Å². The van der Waals surface area contributed by atoms with Crippen molar-refractivity contribution in [2.45, 2.75) is 0 Å². The van der Waals surface area contributed by atoms with Gasteiger partial charge in [0.15, 0.2) is 0 Å². The van der Waals surface area contributed by atoms with Crippen molar-refractivity contribution in [3.8, 4) is 0 Å². The summed E-state index contributed by atoms with van der Waals surface area (Å²) < 4.78 is 0. The van der Waals surface area contributed by atoms with E-state index in [1.807, 2.05) is 18.2 Å². The monoisotopic (exact) mass is 243 g/mol. The lowest BCUT2D eigenvalue weighted by Gasteiger charge is -2.16. The lowest BCUT2D eigenvalue weighted by atomic mass is 10.1. The Morgan fingerprint density at radius 1 is 1.22 bits per heavy atom. The first-order chi connectivity index (χ1) is 8.63. The molecule has 1 heterocycles. The van der Waals surface area contributed by atoms with Gasteiger partial charge >= 0.3 is 0 Å². The molecule has 0 atom stereocenters. The number of amides is 2. The minimum Gasteiger partial charge on any atom is -0.388 e. The molecule has 0 saturated carbocycles. The minimum absolute atomic E-state index is 0.0106. The van der Waals surface area contributed by atoms with Gasteiger partial charge in [-0.3, -0.25) is 14.5 Å². The fourth-order valence-corrected chi connectivity index (χ4v) is 1.79. The Balaban J connectivity index is 2.18. The molecule has 0 fully saturated rings. The standard InChI is InChI=1S/C13H13N3O2/c1-15-11-5-3-2-4-9(11)10(14)8-16-12(17)6-7-13(16)18/h2-7,14-15H,8H2,1H3. The van der Waals surface area contributed by atoms with Crippen LogP contribution in [-0.2, 0) is 9.59 Å². The SMILES string of the molecule is CNc1ccccc1C(=N)CN1C(=O)C=CC1=O. The quantitative estimate of drug-likeness (QED) is 0.612. The second-order valence-electron chi connectivity index (χ2n) is 3.87. The molecule has 2 rings (SSSR count). The predicted octanol–water partition coefficient (Wildman–Crippen LogP) is 1.02. The summed E-state index contributed by atoms with van der Waals surface area (Å²) in [5, 5.41) is 11.0. The van der Waals surface area contributed by atoms with Crippen LogP contribution in [-0.4, -0.2) is 36.0 Å². The Morgan fingerprint density at radius 2 is 1.83 bits per heavy atom. The summed E-state index contributed by atoms with van der Waals surface area (Å²) >= 11 is 0. The van der Waals surface area contributed by atoms with Crippen molar-refractivity contribution in [2.75, 3.05) is 18.9 Å². The van der Waals surface area contributed by atoms with Crippen LogP contribution in [0.25, 0.3) is 0 Å². The molecule has 0 saturated heterocycles. The largest absolute Gasteiger partial charge is 0.388 e. The Hall–Kier alpha value is -2.43. The summed E-state index contributed by atoms with van der Waals surface area (Å²) in [6.45, 7) is -0.0106. The van der Waals surface area contributed by atoms with E-state index in [-0.39, 0.29) is 24.1 Å². The van der Waals surface area contributed by atoms with Crippen molar-refractivity contribution < 1.29 is 9.59 Å². The summed E-state index contributed by atoms with van der Waals surface area (Å²) in [4.78, 5) is 23.9. The van der Waals surface area contributed by atoms with Crippen LogP contribution in [0, 0.1) is 5.41 Å². The van der Waals surface area contributed by atoms with E-state index in [9.17, 15) is 9.59 Å². The molecule has 0 bridgehead atoms. The van der Waals surface area contributed by atoms with Gasteiger partial charge in [-0.05, 0) is 6.07 Å². The lowest BCUT2D eigenvalue weighted by molar-refractivity contribution is -0.135. The first kappa shape index (κ1) is 12.0. The van der Waals surface area contributed by atoms with E-state index in [0.717, 1.165) is 10.6 Å². The summed E-state index contributed by atoms with van der Waals surface area (Å²) in [6, 6.07) is 7.30. The smallest absolute Gasteiger partial charge is 0.253 e. The number of carbonyl (C=O) groups is 2. The molecule has 5 heteroatoms. The Morgan fingerprint density at radius 3 is 2.44 bits per heavy atom. The highest BCUT2D eigenvalue weighted by Gasteiger charge is 2.25. The first-order valence-electron chi connectivity index (χ1n) is 5.51. The van der Waals surface area contributed by atoms with Gasteiger partial charge in [-0.25, -0.2) is 0 Å². The van der Waals surface area contributed by atoms with Crippen molar-refractivity contribution in [3.05, 3.63) is 42.0 Å². The number of nitrogens with one attached hydrogen (secondary N) is 2. The fourth-order valence-electron chi connectivity index (χ4n) is 1.79. The minimum atomic E-state index is -0.369. The van der Waals surface area contributed by atoms with Crippen molar-refractivity contribution >= 4 is 23.2 Å². The molecule has 0 aliphatic carbocycles. The van der Waals surface area contributed by atoms with Gasteiger partial charge < -0.3 is 10.7 Å². The molecule has 0 aromatic heterocycles. The molecular formula is C13H13N3O2. The van der Waals surface area contributed by atoms with E-state index in [4.69, 9.17) is 5.41 Å². The van der Waals surface area contributed by atoms with E-state index < -0.39 is 0 Å². The second kappa shape index (κ2) is 4.83. The maximum absolute atomic E-state index is 11.4. The number of anilines is 1. The number of hydrogen-bond donors (Lipinski definition) is 2. The third-order valence-electron chi connectivity index (χ3n) is 2.74. The van der Waals surface area contributed by atoms with Crippen LogP contribution >= 0.6 is 0 Å².